The number of benzene rings is 1. The Morgan fingerprint density at radius 2 is 2.21 bits per heavy atom. The third-order valence-electron chi connectivity index (χ3n) is 2.85. The Balaban J connectivity index is 1.91. The molecule has 19 heavy (non-hydrogen) atoms. The highest BCUT2D eigenvalue weighted by atomic mass is 32.2. The van der Waals surface area contributed by atoms with Crippen molar-refractivity contribution in [2.45, 2.75) is 12.5 Å². The zero-order valence-electron chi connectivity index (χ0n) is 10.2. The molecule has 1 aliphatic heterocycles. The lowest BCUT2D eigenvalue weighted by Crippen LogP contribution is -2.34. The van der Waals surface area contributed by atoms with Crippen molar-refractivity contribution < 1.29 is 17.6 Å². The number of amides is 1. The first-order valence-corrected chi connectivity index (χ1v) is 7.71. The number of rotatable bonds is 3. The molecule has 1 aromatic carbocycles. The van der Waals surface area contributed by atoms with Crippen LogP contribution in [0.5, 0.6) is 0 Å². The third kappa shape index (κ3) is 4.17. The number of sulfone groups is 1. The van der Waals surface area contributed by atoms with Crippen LogP contribution in [0.4, 0.5) is 4.39 Å². The zero-order valence-corrected chi connectivity index (χ0v) is 11.0. The van der Waals surface area contributed by atoms with Gasteiger partial charge in [0.05, 0.1) is 11.5 Å². The van der Waals surface area contributed by atoms with E-state index in [1.807, 2.05) is 0 Å². The minimum Gasteiger partial charge on any atom is -0.349 e. The summed E-state index contributed by atoms with van der Waals surface area (Å²) in [6.45, 7) is 0. The fraction of sp³-hybridized carbons (Fsp3) is 0.308. The average molecular weight is 283 g/mol. The molecular weight excluding hydrogens is 269 g/mol. The maximum absolute atomic E-state index is 12.9. The fourth-order valence-electron chi connectivity index (χ4n) is 1.94. The minimum atomic E-state index is -3.00. The number of hydrogen-bond donors (Lipinski definition) is 1. The number of carbonyl (C=O) groups excluding carboxylic acids is 1. The van der Waals surface area contributed by atoms with Gasteiger partial charge >= 0.3 is 0 Å². The molecule has 0 spiro atoms. The first-order valence-electron chi connectivity index (χ1n) is 5.89. The number of nitrogens with one attached hydrogen (secondary N) is 1. The van der Waals surface area contributed by atoms with Crippen molar-refractivity contribution in [2.24, 2.45) is 0 Å². The van der Waals surface area contributed by atoms with Gasteiger partial charge in [0.1, 0.15) is 5.82 Å². The summed E-state index contributed by atoms with van der Waals surface area (Å²) in [5.74, 6) is -0.631. The molecule has 1 aromatic rings. The Kier molecular flexibility index (Phi) is 3.99. The van der Waals surface area contributed by atoms with E-state index in [4.69, 9.17) is 0 Å². The van der Waals surface area contributed by atoms with E-state index in [0.717, 1.165) is 0 Å². The Morgan fingerprint density at radius 3 is 2.84 bits per heavy atom. The van der Waals surface area contributed by atoms with Crippen molar-refractivity contribution >= 4 is 21.8 Å². The van der Waals surface area contributed by atoms with Crippen LogP contribution in [0.15, 0.2) is 30.3 Å². The molecule has 0 aliphatic carbocycles. The van der Waals surface area contributed by atoms with Crippen molar-refractivity contribution in [2.75, 3.05) is 11.5 Å². The van der Waals surface area contributed by atoms with E-state index in [1.165, 1.54) is 24.3 Å². The maximum Gasteiger partial charge on any atom is 0.244 e. The van der Waals surface area contributed by atoms with Gasteiger partial charge in [-0.05, 0) is 30.2 Å². The normalized spacial score (nSPS) is 21.6. The topological polar surface area (TPSA) is 63.2 Å². The smallest absolute Gasteiger partial charge is 0.244 e. The molecule has 1 saturated heterocycles. The van der Waals surface area contributed by atoms with Crippen LogP contribution >= 0.6 is 0 Å². The first kappa shape index (κ1) is 13.7. The van der Waals surface area contributed by atoms with Gasteiger partial charge in [-0.2, -0.15) is 0 Å². The van der Waals surface area contributed by atoms with Crippen LogP contribution < -0.4 is 5.32 Å². The monoisotopic (exact) mass is 283 g/mol. The van der Waals surface area contributed by atoms with Crippen LogP contribution in [0.25, 0.3) is 6.08 Å². The molecule has 1 atom stereocenters. The highest BCUT2D eigenvalue weighted by Crippen LogP contribution is 2.11. The quantitative estimate of drug-likeness (QED) is 0.846. The van der Waals surface area contributed by atoms with Gasteiger partial charge in [0.15, 0.2) is 9.84 Å². The Morgan fingerprint density at radius 1 is 1.42 bits per heavy atom. The van der Waals surface area contributed by atoms with Gasteiger partial charge in [0.2, 0.25) is 5.91 Å². The second kappa shape index (κ2) is 5.52. The second-order valence-electron chi connectivity index (χ2n) is 4.50. The van der Waals surface area contributed by atoms with Crippen molar-refractivity contribution in [3.8, 4) is 0 Å². The van der Waals surface area contributed by atoms with Crippen LogP contribution in [0.1, 0.15) is 12.0 Å². The summed E-state index contributed by atoms with van der Waals surface area (Å²) < 4.78 is 35.4. The molecule has 2 rings (SSSR count). The lowest BCUT2D eigenvalue weighted by molar-refractivity contribution is -0.116. The van der Waals surface area contributed by atoms with E-state index in [1.54, 1.807) is 12.1 Å². The van der Waals surface area contributed by atoms with Gasteiger partial charge in [-0.1, -0.05) is 12.1 Å². The van der Waals surface area contributed by atoms with Crippen LogP contribution in [0.3, 0.4) is 0 Å². The molecule has 1 heterocycles. The van der Waals surface area contributed by atoms with Crippen molar-refractivity contribution in [3.63, 3.8) is 0 Å². The molecule has 4 nitrogen and oxygen atoms in total. The summed E-state index contributed by atoms with van der Waals surface area (Å²) in [6, 6.07) is 5.53. The summed E-state index contributed by atoms with van der Waals surface area (Å²) in [6.07, 6.45) is 3.21. The molecule has 1 unspecified atom stereocenters. The molecule has 0 radical (unpaired) electrons. The maximum atomic E-state index is 12.9. The molecule has 1 fully saturated rings. The van der Waals surface area contributed by atoms with Gasteiger partial charge in [-0.25, -0.2) is 12.8 Å². The molecular formula is C13H14FNO3S. The molecule has 0 saturated carbocycles. The van der Waals surface area contributed by atoms with Gasteiger partial charge < -0.3 is 5.32 Å². The van der Waals surface area contributed by atoms with E-state index >= 15 is 0 Å². The van der Waals surface area contributed by atoms with Gasteiger partial charge in [0.25, 0.3) is 0 Å². The average Bonchev–Trinajstić information content (AvgIpc) is 2.66. The third-order valence-corrected chi connectivity index (χ3v) is 4.62. The van der Waals surface area contributed by atoms with Gasteiger partial charge in [0, 0.05) is 12.1 Å². The number of hydrogen-bond acceptors (Lipinski definition) is 3. The number of carbonyl (C=O) groups is 1. The predicted octanol–water partition coefficient (Wildman–Crippen LogP) is 1.14. The summed E-state index contributed by atoms with van der Waals surface area (Å²) in [4.78, 5) is 11.6. The van der Waals surface area contributed by atoms with Crippen LogP contribution in [0.2, 0.25) is 0 Å². The van der Waals surface area contributed by atoms with Crippen LogP contribution in [-0.4, -0.2) is 31.9 Å². The van der Waals surface area contributed by atoms with E-state index < -0.39 is 9.84 Å². The van der Waals surface area contributed by atoms with E-state index in [0.29, 0.717) is 12.0 Å². The lowest BCUT2D eigenvalue weighted by atomic mass is 10.2. The molecule has 1 amide bonds. The van der Waals surface area contributed by atoms with Gasteiger partial charge in [-0.15, -0.1) is 0 Å². The molecule has 0 aromatic heterocycles. The standard InChI is InChI=1S/C13H14FNO3S/c14-11-3-1-2-10(8-11)4-5-13(16)15-12-6-7-19(17,18)9-12/h1-5,8,12H,6-7,9H2,(H,15,16)/b5-4+. The largest absolute Gasteiger partial charge is 0.349 e. The first-order chi connectivity index (χ1) is 8.94. The Bertz CT molecular complexity index is 610. The molecule has 1 aliphatic rings. The van der Waals surface area contributed by atoms with Crippen molar-refractivity contribution in [1.82, 2.24) is 5.32 Å². The van der Waals surface area contributed by atoms with E-state index in [9.17, 15) is 17.6 Å². The molecule has 6 heteroatoms. The van der Waals surface area contributed by atoms with Crippen LogP contribution in [0, 0.1) is 5.82 Å². The Labute approximate surface area is 111 Å². The van der Waals surface area contributed by atoms with E-state index in [2.05, 4.69) is 5.32 Å². The summed E-state index contributed by atoms with van der Waals surface area (Å²) >= 11 is 0. The minimum absolute atomic E-state index is 0.00740. The Hall–Kier alpha value is -1.69. The summed E-state index contributed by atoms with van der Waals surface area (Å²) in [7, 11) is -3.00. The number of halogens is 1. The summed E-state index contributed by atoms with van der Waals surface area (Å²) in [5.41, 5.74) is 0.578. The van der Waals surface area contributed by atoms with E-state index in [-0.39, 0.29) is 29.3 Å². The predicted molar refractivity (Wildman–Crippen MR) is 70.6 cm³/mol. The highest BCUT2D eigenvalue weighted by Gasteiger charge is 2.28. The highest BCUT2D eigenvalue weighted by molar-refractivity contribution is 7.91. The zero-order chi connectivity index (χ0) is 13.9. The molecule has 1 N–H and O–H groups in total. The lowest BCUT2D eigenvalue weighted by Gasteiger charge is -2.07. The fourth-order valence-corrected chi connectivity index (χ4v) is 3.61. The summed E-state index contributed by atoms with van der Waals surface area (Å²) in [5, 5.41) is 2.62. The van der Waals surface area contributed by atoms with Gasteiger partial charge in [-0.3, -0.25) is 4.79 Å². The van der Waals surface area contributed by atoms with Crippen LogP contribution in [-0.2, 0) is 14.6 Å². The molecule has 0 bridgehead atoms. The van der Waals surface area contributed by atoms with Crippen molar-refractivity contribution in [1.29, 1.82) is 0 Å². The van der Waals surface area contributed by atoms with Crippen molar-refractivity contribution in [3.05, 3.63) is 41.7 Å². The SMILES string of the molecule is O=C(/C=C/c1cccc(F)c1)NC1CCS(=O)(=O)C1. The molecule has 102 valence electrons. The second-order valence-corrected chi connectivity index (χ2v) is 6.73.